The van der Waals surface area contributed by atoms with Gasteiger partial charge in [0.2, 0.25) is 5.89 Å². The average molecular weight is 243 g/mol. The molecule has 2 aromatic rings. The van der Waals surface area contributed by atoms with Gasteiger partial charge in [-0.1, -0.05) is 30.1 Å². The summed E-state index contributed by atoms with van der Waals surface area (Å²) in [6.45, 7) is 0. The minimum atomic E-state index is 0.508. The fraction of sp³-hybridized carbons (Fsp3) is 0.429. The third kappa shape index (κ3) is 2.37. The summed E-state index contributed by atoms with van der Waals surface area (Å²) in [5.74, 6) is 2.09. The molecule has 1 aromatic carbocycles. The van der Waals surface area contributed by atoms with Crippen LogP contribution in [0.4, 0.5) is 5.69 Å². The number of aromatic nitrogens is 2. The zero-order valence-electron chi connectivity index (χ0n) is 10.3. The highest BCUT2D eigenvalue weighted by Gasteiger charge is 2.22. The Balaban J connectivity index is 1.71. The molecule has 1 aliphatic carbocycles. The van der Waals surface area contributed by atoms with Crippen molar-refractivity contribution in [1.82, 2.24) is 10.1 Å². The number of rotatable bonds is 3. The molecule has 0 atom stereocenters. The van der Waals surface area contributed by atoms with Crippen molar-refractivity contribution in [2.45, 2.75) is 38.0 Å². The van der Waals surface area contributed by atoms with E-state index in [-0.39, 0.29) is 0 Å². The van der Waals surface area contributed by atoms with Crippen molar-refractivity contribution < 1.29 is 4.52 Å². The maximum atomic E-state index is 5.66. The first kappa shape index (κ1) is 11.3. The number of benzene rings is 1. The Morgan fingerprint density at radius 3 is 2.61 bits per heavy atom. The molecule has 3 rings (SSSR count). The minimum absolute atomic E-state index is 0.508. The second kappa shape index (κ2) is 4.80. The SMILES string of the molecule is Nc1ccc(Cc2nc(C3CCCC3)no2)cc1. The molecule has 0 spiro atoms. The lowest BCUT2D eigenvalue weighted by atomic mass is 10.1. The van der Waals surface area contributed by atoms with Crippen LogP contribution < -0.4 is 5.73 Å². The van der Waals surface area contributed by atoms with Crippen molar-refractivity contribution in [3.63, 3.8) is 0 Å². The van der Waals surface area contributed by atoms with Crippen LogP contribution in [0.3, 0.4) is 0 Å². The molecule has 0 radical (unpaired) electrons. The number of nitrogens with two attached hydrogens (primary N) is 1. The van der Waals surface area contributed by atoms with Gasteiger partial charge >= 0.3 is 0 Å². The molecular formula is C14H17N3O. The summed E-state index contributed by atoms with van der Waals surface area (Å²) < 4.78 is 5.32. The van der Waals surface area contributed by atoms with E-state index in [1.54, 1.807) is 0 Å². The van der Waals surface area contributed by atoms with Crippen molar-refractivity contribution in [3.05, 3.63) is 41.5 Å². The molecule has 0 bridgehead atoms. The fourth-order valence-electron chi connectivity index (χ4n) is 2.50. The first-order valence-electron chi connectivity index (χ1n) is 6.48. The summed E-state index contributed by atoms with van der Waals surface area (Å²) in [6.07, 6.45) is 5.64. The van der Waals surface area contributed by atoms with Crippen LogP contribution in [0.2, 0.25) is 0 Å². The lowest BCUT2D eigenvalue weighted by molar-refractivity contribution is 0.375. The van der Waals surface area contributed by atoms with E-state index in [1.165, 1.54) is 25.7 Å². The highest BCUT2D eigenvalue weighted by molar-refractivity contribution is 5.39. The van der Waals surface area contributed by atoms with Crippen molar-refractivity contribution in [1.29, 1.82) is 0 Å². The van der Waals surface area contributed by atoms with E-state index in [9.17, 15) is 0 Å². The van der Waals surface area contributed by atoms with Gasteiger partial charge < -0.3 is 10.3 Å². The van der Waals surface area contributed by atoms with Crippen molar-refractivity contribution in [2.75, 3.05) is 5.73 Å². The van der Waals surface area contributed by atoms with Crippen LogP contribution in [-0.2, 0) is 6.42 Å². The molecular weight excluding hydrogens is 226 g/mol. The Morgan fingerprint density at radius 2 is 1.89 bits per heavy atom. The van der Waals surface area contributed by atoms with Crippen molar-refractivity contribution >= 4 is 5.69 Å². The quantitative estimate of drug-likeness (QED) is 0.842. The standard InChI is InChI=1S/C14H17N3O/c15-12-7-5-10(6-8-12)9-13-16-14(17-18-13)11-3-1-2-4-11/h5-8,11H,1-4,9,15H2. The van der Waals surface area contributed by atoms with Crippen LogP contribution >= 0.6 is 0 Å². The number of nitrogen functional groups attached to an aromatic ring is 1. The first-order valence-corrected chi connectivity index (χ1v) is 6.48. The maximum Gasteiger partial charge on any atom is 0.231 e. The summed E-state index contributed by atoms with van der Waals surface area (Å²) in [4.78, 5) is 4.50. The number of hydrogen-bond acceptors (Lipinski definition) is 4. The third-order valence-electron chi connectivity index (χ3n) is 3.54. The predicted octanol–water partition coefficient (Wildman–Crippen LogP) is 2.90. The van der Waals surface area contributed by atoms with E-state index in [2.05, 4.69) is 10.1 Å². The molecule has 0 unspecified atom stereocenters. The van der Waals surface area contributed by atoms with E-state index in [1.807, 2.05) is 24.3 Å². The van der Waals surface area contributed by atoms with Crippen LogP contribution in [0.15, 0.2) is 28.8 Å². The van der Waals surface area contributed by atoms with Gasteiger partial charge in [0.05, 0.1) is 6.42 Å². The smallest absolute Gasteiger partial charge is 0.231 e. The molecule has 1 fully saturated rings. The Hall–Kier alpha value is -1.84. The molecule has 18 heavy (non-hydrogen) atoms. The van der Waals surface area contributed by atoms with E-state index in [0.29, 0.717) is 18.2 Å². The maximum absolute atomic E-state index is 5.66. The molecule has 0 aliphatic heterocycles. The molecule has 1 saturated carbocycles. The van der Waals surface area contributed by atoms with Gasteiger partial charge in [-0.25, -0.2) is 0 Å². The molecule has 94 valence electrons. The molecule has 1 aromatic heterocycles. The van der Waals surface area contributed by atoms with Gasteiger partial charge in [-0.3, -0.25) is 0 Å². The van der Waals surface area contributed by atoms with Crippen molar-refractivity contribution in [3.8, 4) is 0 Å². The molecule has 1 aliphatic rings. The largest absolute Gasteiger partial charge is 0.399 e. The van der Waals surface area contributed by atoms with Crippen LogP contribution in [0.1, 0.15) is 48.9 Å². The summed E-state index contributed by atoms with van der Waals surface area (Å²) in [6, 6.07) is 7.77. The lowest BCUT2D eigenvalue weighted by Crippen LogP contribution is -1.95. The first-order chi connectivity index (χ1) is 8.81. The zero-order valence-corrected chi connectivity index (χ0v) is 10.3. The van der Waals surface area contributed by atoms with Gasteiger partial charge in [-0.05, 0) is 30.5 Å². The van der Waals surface area contributed by atoms with Gasteiger partial charge in [0.15, 0.2) is 5.82 Å². The van der Waals surface area contributed by atoms with E-state index >= 15 is 0 Å². The number of nitrogens with zero attached hydrogens (tertiary/aromatic N) is 2. The number of hydrogen-bond donors (Lipinski definition) is 1. The van der Waals surface area contributed by atoms with Gasteiger partial charge in [-0.2, -0.15) is 4.98 Å². The molecule has 4 nitrogen and oxygen atoms in total. The van der Waals surface area contributed by atoms with Gasteiger partial charge in [0.25, 0.3) is 0 Å². The second-order valence-electron chi connectivity index (χ2n) is 4.95. The minimum Gasteiger partial charge on any atom is -0.399 e. The molecule has 2 N–H and O–H groups in total. The predicted molar refractivity (Wildman–Crippen MR) is 69.2 cm³/mol. The van der Waals surface area contributed by atoms with E-state index < -0.39 is 0 Å². The van der Waals surface area contributed by atoms with E-state index in [0.717, 1.165) is 17.1 Å². The van der Waals surface area contributed by atoms with Crippen LogP contribution in [0.25, 0.3) is 0 Å². The molecule has 0 saturated heterocycles. The highest BCUT2D eigenvalue weighted by Crippen LogP contribution is 2.32. The summed E-state index contributed by atoms with van der Waals surface area (Å²) in [5, 5.41) is 4.10. The highest BCUT2D eigenvalue weighted by atomic mass is 16.5. The van der Waals surface area contributed by atoms with Crippen molar-refractivity contribution in [2.24, 2.45) is 0 Å². The third-order valence-corrected chi connectivity index (χ3v) is 3.54. The van der Waals surface area contributed by atoms with Gasteiger partial charge in [-0.15, -0.1) is 0 Å². The number of anilines is 1. The average Bonchev–Trinajstić information content (AvgIpc) is 3.02. The lowest BCUT2D eigenvalue weighted by Gasteiger charge is -1.99. The molecule has 0 amide bonds. The summed E-state index contributed by atoms with van der Waals surface area (Å²) >= 11 is 0. The van der Waals surface area contributed by atoms with Crippen LogP contribution in [0.5, 0.6) is 0 Å². The Bertz CT molecular complexity index is 512. The zero-order chi connectivity index (χ0) is 12.4. The van der Waals surface area contributed by atoms with E-state index in [4.69, 9.17) is 10.3 Å². The summed E-state index contributed by atoms with van der Waals surface area (Å²) in [7, 11) is 0. The monoisotopic (exact) mass is 243 g/mol. The van der Waals surface area contributed by atoms with Crippen LogP contribution in [-0.4, -0.2) is 10.1 Å². The Morgan fingerprint density at radius 1 is 1.17 bits per heavy atom. The Kier molecular flexibility index (Phi) is 3.00. The summed E-state index contributed by atoms with van der Waals surface area (Å²) in [5.41, 5.74) is 7.57. The Labute approximate surface area is 106 Å². The normalized spacial score (nSPS) is 16.2. The fourth-order valence-corrected chi connectivity index (χ4v) is 2.50. The second-order valence-corrected chi connectivity index (χ2v) is 4.95. The molecule has 1 heterocycles. The molecule has 4 heteroatoms. The topological polar surface area (TPSA) is 64.9 Å². The van der Waals surface area contributed by atoms with Crippen LogP contribution in [0, 0.1) is 0 Å². The van der Waals surface area contributed by atoms with Gasteiger partial charge in [0.1, 0.15) is 0 Å². The van der Waals surface area contributed by atoms with Gasteiger partial charge in [0, 0.05) is 11.6 Å².